The van der Waals surface area contributed by atoms with E-state index in [1.165, 1.54) is 55.1 Å². The van der Waals surface area contributed by atoms with Crippen molar-refractivity contribution >= 4 is 11.2 Å². The summed E-state index contributed by atoms with van der Waals surface area (Å²) < 4.78 is 40.9. The summed E-state index contributed by atoms with van der Waals surface area (Å²) in [6.07, 6.45) is 7.51. The van der Waals surface area contributed by atoms with E-state index in [2.05, 4.69) is 19.9 Å². The number of rotatable bonds is 4. The van der Waals surface area contributed by atoms with Crippen LogP contribution in [-0.4, -0.2) is 24.5 Å². The first kappa shape index (κ1) is 25.5. The molecule has 0 amide bonds. The lowest BCUT2D eigenvalue weighted by atomic mass is 9.82. The first-order valence-electron chi connectivity index (χ1n) is 12.0. The fraction of sp³-hybridized carbons (Fsp3) is 0.370. The minimum atomic E-state index is -2.76. The fourth-order valence-corrected chi connectivity index (χ4v) is 4.67. The van der Waals surface area contributed by atoms with Gasteiger partial charge in [-0.15, -0.1) is 0 Å². The van der Waals surface area contributed by atoms with Crippen LogP contribution in [-0.2, 0) is 6.54 Å². The molecule has 5 rings (SSSR count). The van der Waals surface area contributed by atoms with Crippen LogP contribution in [0.3, 0.4) is 0 Å². The number of benzene rings is 1. The highest BCUT2D eigenvalue weighted by atomic mass is 19.3. The predicted octanol–water partition coefficient (Wildman–Crippen LogP) is 6.06. The summed E-state index contributed by atoms with van der Waals surface area (Å²) in [6.45, 7) is 3.62. The molecule has 0 atom stereocenters. The lowest BCUT2D eigenvalue weighted by Crippen LogP contribution is -2.22. The van der Waals surface area contributed by atoms with Crippen LogP contribution < -0.4 is 5.56 Å². The molecule has 36 heavy (non-hydrogen) atoms. The van der Waals surface area contributed by atoms with E-state index in [9.17, 15) is 18.0 Å². The third-order valence-corrected chi connectivity index (χ3v) is 6.41. The van der Waals surface area contributed by atoms with Crippen molar-refractivity contribution in [2.75, 3.05) is 0 Å². The van der Waals surface area contributed by atoms with E-state index in [1.807, 2.05) is 13.0 Å². The zero-order valence-corrected chi connectivity index (χ0v) is 20.3. The Labute approximate surface area is 207 Å². The van der Waals surface area contributed by atoms with Crippen LogP contribution in [0.2, 0.25) is 0 Å². The molecule has 0 spiro atoms. The molecule has 1 aromatic carbocycles. The van der Waals surface area contributed by atoms with Gasteiger partial charge < -0.3 is 0 Å². The summed E-state index contributed by atoms with van der Waals surface area (Å²) in [5.74, 6) is 0.474. The number of aryl methyl sites for hydroxylation is 2. The lowest BCUT2D eigenvalue weighted by Gasteiger charge is -2.23. The minimum absolute atomic E-state index is 0.00287. The molecule has 3 heterocycles. The highest BCUT2D eigenvalue weighted by Crippen LogP contribution is 2.35. The number of nitrogens with zero attached hydrogens (tertiary/aromatic N) is 5. The highest BCUT2D eigenvalue weighted by molar-refractivity contribution is 5.69. The Hall–Kier alpha value is -3.62. The number of hydrogen-bond donors (Lipinski definition) is 0. The molecule has 0 unspecified atom stereocenters. The van der Waals surface area contributed by atoms with E-state index < -0.39 is 12.1 Å². The SMILES string of the molecule is Cc1cccc(F)c1C1CCCCC1.Cc1cnc2ccc(=O)n(Cc3nccnc3C(F)F)c2n1. The maximum absolute atomic E-state index is 13.6. The van der Waals surface area contributed by atoms with E-state index in [1.54, 1.807) is 31.3 Å². The smallest absolute Gasteiger partial charge is 0.282 e. The monoisotopic (exact) mass is 495 g/mol. The van der Waals surface area contributed by atoms with Gasteiger partial charge in [-0.25, -0.2) is 18.2 Å². The Morgan fingerprint density at radius 1 is 1.00 bits per heavy atom. The quantitative estimate of drug-likeness (QED) is 0.344. The topological polar surface area (TPSA) is 73.6 Å². The Morgan fingerprint density at radius 3 is 2.47 bits per heavy atom. The van der Waals surface area contributed by atoms with Crippen LogP contribution in [0.5, 0.6) is 0 Å². The van der Waals surface area contributed by atoms with Crippen molar-refractivity contribution in [1.82, 2.24) is 24.5 Å². The molecule has 188 valence electrons. The first-order chi connectivity index (χ1) is 17.3. The van der Waals surface area contributed by atoms with Gasteiger partial charge in [0.2, 0.25) is 0 Å². The number of aromatic nitrogens is 5. The number of fused-ring (bicyclic) bond motifs is 1. The number of pyridine rings is 1. The molecule has 1 saturated carbocycles. The Bertz CT molecular complexity index is 1380. The van der Waals surface area contributed by atoms with Crippen LogP contribution in [0.15, 0.2) is 53.7 Å². The molecule has 3 aromatic heterocycles. The molecule has 1 aliphatic rings. The number of alkyl halides is 2. The van der Waals surface area contributed by atoms with Gasteiger partial charge in [0.05, 0.1) is 17.9 Å². The van der Waals surface area contributed by atoms with E-state index >= 15 is 0 Å². The van der Waals surface area contributed by atoms with Crippen molar-refractivity contribution in [2.45, 2.75) is 64.8 Å². The summed E-state index contributed by atoms with van der Waals surface area (Å²) in [4.78, 5) is 28.1. The largest absolute Gasteiger partial charge is 0.285 e. The van der Waals surface area contributed by atoms with Crippen LogP contribution in [0.1, 0.15) is 72.7 Å². The van der Waals surface area contributed by atoms with E-state index in [0.717, 1.165) is 11.1 Å². The van der Waals surface area contributed by atoms with Gasteiger partial charge in [0.25, 0.3) is 12.0 Å². The fourth-order valence-electron chi connectivity index (χ4n) is 4.67. The average Bonchev–Trinajstić information content (AvgIpc) is 2.87. The Morgan fingerprint density at radius 2 is 1.75 bits per heavy atom. The van der Waals surface area contributed by atoms with E-state index in [0.29, 0.717) is 22.8 Å². The van der Waals surface area contributed by atoms with Crippen molar-refractivity contribution in [3.05, 3.63) is 93.3 Å². The third kappa shape index (κ3) is 5.78. The standard InChI is InChI=1S/C14H11F2N5O.C13H17F/c1-8-6-19-9-2-3-11(22)21(14(9)20-8)7-10-12(13(15)16)18-5-4-17-10;1-10-6-5-9-12(14)13(10)11-7-3-2-4-8-11/h2-6,13H,7H2,1H3;5-6,9,11H,2-4,7-8H2,1H3. The second-order valence-electron chi connectivity index (χ2n) is 8.97. The second kappa shape index (κ2) is 11.4. The summed E-state index contributed by atoms with van der Waals surface area (Å²) in [5, 5.41) is 0. The summed E-state index contributed by atoms with van der Waals surface area (Å²) in [5.41, 5.74) is 2.80. The predicted molar refractivity (Wildman–Crippen MR) is 132 cm³/mol. The van der Waals surface area contributed by atoms with Crippen LogP contribution in [0.4, 0.5) is 13.2 Å². The van der Waals surface area contributed by atoms with Crippen LogP contribution in [0, 0.1) is 19.7 Å². The van der Waals surface area contributed by atoms with Gasteiger partial charge in [-0.05, 0) is 55.9 Å². The lowest BCUT2D eigenvalue weighted by molar-refractivity contribution is 0.144. The zero-order chi connectivity index (χ0) is 25.7. The normalized spacial score (nSPS) is 14.1. The molecule has 0 saturated heterocycles. The maximum atomic E-state index is 13.6. The van der Waals surface area contributed by atoms with Crippen LogP contribution >= 0.6 is 0 Å². The summed E-state index contributed by atoms with van der Waals surface area (Å²) in [7, 11) is 0. The Kier molecular flexibility index (Phi) is 8.07. The molecule has 1 fully saturated rings. The third-order valence-electron chi connectivity index (χ3n) is 6.41. The van der Waals surface area contributed by atoms with Gasteiger partial charge in [-0.3, -0.25) is 24.3 Å². The highest BCUT2D eigenvalue weighted by Gasteiger charge is 2.20. The second-order valence-corrected chi connectivity index (χ2v) is 8.97. The molecule has 0 N–H and O–H groups in total. The van der Waals surface area contributed by atoms with Crippen molar-refractivity contribution < 1.29 is 13.2 Å². The van der Waals surface area contributed by atoms with Gasteiger partial charge >= 0.3 is 0 Å². The summed E-state index contributed by atoms with van der Waals surface area (Å²) >= 11 is 0. The molecule has 0 aliphatic heterocycles. The zero-order valence-electron chi connectivity index (χ0n) is 20.3. The van der Waals surface area contributed by atoms with Gasteiger partial charge in [-0.1, -0.05) is 31.4 Å². The van der Waals surface area contributed by atoms with Crippen molar-refractivity contribution in [3.63, 3.8) is 0 Å². The molecule has 0 bridgehead atoms. The van der Waals surface area contributed by atoms with Gasteiger partial charge in [0.1, 0.15) is 17.0 Å². The summed E-state index contributed by atoms with van der Waals surface area (Å²) in [6, 6.07) is 8.29. The van der Waals surface area contributed by atoms with E-state index in [4.69, 9.17) is 0 Å². The molecule has 0 radical (unpaired) electrons. The van der Waals surface area contributed by atoms with Gasteiger partial charge in [-0.2, -0.15) is 0 Å². The van der Waals surface area contributed by atoms with Crippen molar-refractivity contribution in [2.24, 2.45) is 0 Å². The number of hydrogen-bond acceptors (Lipinski definition) is 5. The van der Waals surface area contributed by atoms with Crippen molar-refractivity contribution in [3.8, 4) is 0 Å². The molecule has 1 aliphatic carbocycles. The van der Waals surface area contributed by atoms with Gasteiger partial charge in [0, 0.05) is 24.7 Å². The van der Waals surface area contributed by atoms with Crippen LogP contribution in [0.25, 0.3) is 11.2 Å². The number of halogens is 3. The molecular formula is C27H28F3N5O. The van der Waals surface area contributed by atoms with Gasteiger partial charge in [0.15, 0.2) is 5.65 Å². The Balaban J connectivity index is 0.000000187. The van der Waals surface area contributed by atoms with E-state index in [-0.39, 0.29) is 23.6 Å². The average molecular weight is 496 g/mol. The molecule has 6 nitrogen and oxygen atoms in total. The first-order valence-corrected chi connectivity index (χ1v) is 12.0. The molecular weight excluding hydrogens is 467 g/mol. The molecule has 9 heteroatoms. The molecule has 4 aromatic rings. The maximum Gasteiger partial charge on any atom is 0.282 e. The minimum Gasteiger partial charge on any atom is -0.285 e. The van der Waals surface area contributed by atoms with Crippen molar-refractivity contribution in [1.29, 1.82) is 0 Å².